The molecular weight excluding hydrogens is 214 g/mol. The van der Waals surface area contributed by atoms with Crippen molar-refractivity contribution in [2.75, 3.05) is 0 Å². The van der Waals surface area contributed by atoms with E-state index in [9.17, 15) is 0 Å². The summed E-state index contributed by atoms with van der Waals surface area (Å²) in [5, 5.41) is 7.23. The molecule has 0 saturated carbocycles. The van der Waals surface area contributed by atoms with Gasteiger partial charge in [-0.1, -0.05) is 18.5 Å². The third kappa shape index (κ3) is 2.27. The van der Waals surface area contributed by atoms with Crippen LogP contribution in [0.1, 0.15) is 12.6 Å². The van der Waals surface area contributed by atoms with E-state index in [4.69, 9.17) is 16.3 Å². The fourth-order valence-corrected chi connectivity index (χ4v) is 1.39. The summed E-state index contributed by atoms with van der Waals surface area (Å²) >= 11 is 5.74. The highest BCUT2D eigenvalue weighted by molar-refractivity contribution is 6.29. The van der Waals surface area contributed by atoms with Crippen molar-refractivity contribution in [3.63, 3.8) is 0 Å². The van der Waals surface area contributed by atoms with Crippen LogP contribution in [-0.2, 0) is 6.42 Å². The van der Waals surface area contributed by atoms with E-state index in [-0.39, 0.29) is 0 Å². The van der Waals surface area contributed by atoms with Crippen molar-refractivity contribution < 1.29 is 4.74 Å². The number of H-pyrrole nitrogens is 1. The van der Waals surface area contributed by atoms with Crippen LogP contribution in [0.25, 0.3) is 0 Å². The number of aryl methyl sites for hydroxylation is 1. The standard InChI is InChI=1S/C10H10ClN3O/c1-2-8-9(6-13-14-8)15-7-3-4-12-10(11)5-7/h3-6H,2H2,1H3,(H,13,14). The number of aromatic nitrogens is 3. The Morgan fingerprint density at radius 1 is 1.53 bits per heavy atom. The first-order chi connectivity index (χ1) is 7.29. The first kappa shape index (κ1) is 9.98. The van der Waals surface area contributed by atoms with Crippen LogP contribution in [0.4, 0.5) is 0 Å². The van der Waals surface area contributed by atoms with Crippen molar-refractivity contribution in [3.8, 4) is 11.5 Å². The molecule has 0 saturated heterocycles. The summed E-state index contributed by atoms with van der Waals surface area (Å²) in [5.41, 5.74) is 0.892. The van der Waals surface area contributed by atoms with Gasteiger partial charge in [0.2, 0.25) is 0 Å². The number of nitrogens with zero attached hydrogens (tertiary/aromatic N) is 2. The molecule has 0 amide bonds. The van der Waals surface area contributed by atoms with Crippen molar-refractivity contribution >= 4 is 11.6 Å². The van der Waals surface area contributed by atoms with E-state index in [0.717, 1.165) is 17.9 Å². The number of pyridine rings is 1. The molecule has 1 N–H and O–H groups in total. The Bertz CT molecular complexity index is 455. The molecular formula is C10H10ClN3O. The first-order valence-corrected chi connectivity index (χ1v) is 4.99. The lowest BCUT2D eigenvalue weighted by Crippen LogP contribution is -1.88. The Kier molecular flexibility index (Phi) is 2.87. The maximum atomic E-state index is 5.74. The van der Waals surface area contributed by atoms with Crippen molar-refractivity contribution in [2.45, 2.75) is 13.3 Å². The van der Waals surface area contributed by atoms with Crippen LogP contribution in [0.5, 0.6) is 11.5 Å². The lowest BCUT2D eigenvalue weighted by molar-refractivity contribution is 0.476. The minimum absolute atomic E-state index is 0.411. The predicted molar refractivity (Wildman–Crippen MR) is 57.3 cm³/mol. The summed E-state index contributed by atoms with van der Waals surface area (Å²) in [7, 11) is 0. The average molecular weight is 224 g/mol. The Morgan fingerprint density at radius 3 is 3.13 bits per heavy atom. The van der Waals surface area contributed by atoms with Crippen LogP contribution < -0.4 is 4.74 Å². The lowest BCUT2D eigenvalue weighted by atomic mass is 10.3. The fourth-order valence-electron chi connectivity index (χ4n) is 1.22. The Balaban J connectivity index is 2.22. The van der Waals surface area contributed by atoms with Gasteiger partial charge >= 0.3 is 0 Å². The highest BCUT2D eigenvalue weighted by atomic mass is 35.5. The maximum absolute atomic E-state index is 5.74. The number of aromatic amines is 1. The van der Waals surface area contributed by atoms with Crippen molar-refractivity contribution in [2.24, 2.45) is 0 Å². The maximum Gasteiger partial charge on any atom is 0.168 e. The number of ether oxygens (including phenoxy) is 1. The smallest absolute Gasteiger partial charge is 0.168 e. The van der Waals surface area contributed by atoms with Crippen LogP contribution in [-0.4, -0.2) is 15.2 Å². The molecule has 2 heterocycles. The van der Waals surface area contributed by atoms with Crippen molar-refractivity contribution in [1.82, 2.24) is 15.2 Å². The zero-order valence-corrected chi connectivity index (χ0v) is 8.95. The number of hydrogen-bond donors (Lipinski definition) is 1. The highest BCUT2D eigenvalue weighted by Crippen LogP contribution is 2.24. The molecule has 0 fully saturated rings. The minimum atomic E-state index is 0.411. The average Bonchev–Trinajstić information content (AvgIpc) is 2.65. The Hall–Kier alpha value is -1.55. The third-order valence-corrected chi connectivity index (χ3v) is 2.15. The van der Waals surface area contributed by atoms with Gasteiger partial charge in [-0.2, -0.15) is 5.10 Å². The second-order valence-corrected chi connectivity index (χ2v) is 3.35. The minimum Gasteiger partial charge on any atom is -0.454 e. The van der Waals surface area contributed by atoms with Crippen LogP contribution >= 0.6 is 11.6 Å². The van der Waals surface area contributed by atoms with Crippen LogP contribution in [0.2, 0.25) is 5.15 Å². The molecule has 0 bridgehead atoms. The molecule has 0 spiro atoms. The van der Waals surface area contributed by atoms with E-state index in [0.29, 0.717) is 10.9 Å². The second-order valence-electron chi connectivity index (χ2n) is 2.97. The number of halogens is 1. The molecule has 4 nitrogen and oxygen atoms in total. The quantitative estimate of drug-likeness (QED) is 0.814. The van der Waals surface area contributed by atoms with Crippen LogP contribution in [0, 0.1) is 0 Å². The van der Waals surface area contributed by atoms with Crippen LogP contribution in [0.3, 0.4) is 0 Å². The van der Waals surface area contributed by atoms with Gasteiger partial charge in [0.25, 0.3) is 0 Å². The number of nitrogens with one attached hydrogen (secondary N) is 1. The van der Waals surface area contributed by atoms with Gasteiger partial charge < -0.3 is 4.74 Å². The molecule has 0 aliphatic heterocycles. The number of rotatable bonds is 3. The highest BCUT2D eigenvalue weighted by Gasteiger charge is 2.06. The zero-order valence-electron chi connectivity index (χ0n) is 8.20. The first-order valence-electron chi connectivity index (χ1n) is 4.61. The van der Waals surface area contributed by atoms with Gasteiger partial charge in [0, 0.05) is 12.3 Å². The summed E-state index contributed by atoms with van der Waals surface area (Å²) in [6, 6.07) is 3.41. The summed E-state index contributed by atoms with van der Waals surface area (Å²) in [5.74, 6) is 1.38. The summed E-state index contributed by atoms with van der Waals surface area (Å²) in [6.07, 6.45) is 4.13. The van der Waals surface area contributed by atoms with Crippen molar-refractivity contribution in [3.05, 3.63) is 35.4 Å². The zero-order chi connectivity index (χ0) is 10.7. The summed E-state index contributed by atoms with van der Waals surface area (Å²) in [4.78, 5) is 3.87. The molecule has 0 atom stereocenters. The van der Waals surface area contributed by atoms with E-state index < -0.39 is 0 Å². The summed E-state index contributed by atoms with van der Waals surface area (Å²) < 4.78 is 5.60. The molecule has 2 aromatic rings. The Morgan fingerprint density at radius 2 is 2.40 bits per heavy atom. The Labute approximate surface area is 92.3 Å². The van der Waals surface area contributed by atoms with Gasteiger partial charge in [0.15, 0.2) is 5.75 Å². The van der Waals surface area contributed by atoms with Gasteiger partial charge in [0.05, 0.1) is 6.20 Å². The molecule has 0 aliphatic carbocycles. The molecule has 0 aromatic carbocycles. The van der Waals surface area contributed by atoms with Crippen molar-refractivity contribution in [1.29, 1.82) is 0 Å². The normalized spacial score (nSPS) is 10.3. The van der Waals surface area contributed by atoms with Gasteiger partial charge in [-0.15, -0.1) is 0 Å². The summed E-state index contributed by atoms with van der Waals surface area (Å²) in [6.45, 7) is 2.02. The topological polar surface area (TPSA) is 50.8 Å². The fraction of sp³-hybridized carbons (Fsp3) is 0.200. The van der Waals surface area contributed by atoms with Gasteiger partial charge in [-0.05, 0) is 12.5 Å². The van der Waals surface area contributed by atoms with Gasteiger partial charge in [0.1, 0.15) is 16.6 Å². The third-order valence-electron chi connectivity index (χ3n) is 1.94. The molecule has 78 valence electrons. The van der Waals surface area contributed by atoms with E-state index >= 15 is 0 Å². The van der Waals surface area contributed by atoms with Gasteiger partial charge in [-0.25, -0.2) is 4.98 Å². The van der Waals surface area contributed by atoms with E-state index in [1.165, 1.54) is 0 Å². The predicted octanol–water partition coefficient (Wildman–Crippen LogP) is 2.81. The molecule has 0 radical (unpaired) electrons. The van der Waals surface area contributed by atoms with Crippen LogP contribution in [0.15, 0.2) is 24.5 Å². The molecule has 2 rings (SSSR count). The van der Waals surface area contributed by atoms with E-state index in [2.05, 4.69) is 15.2 Å². The molecule has 0 aliphatic rings. The molecule has 2 aromatic heterocycles. The molecule has 15 heavy (non-hydrogen) atoms. The van der Waals surface area contributed by atoms with E-state index in [1.54, 1.807) is 24.5 Å². The molecule has 0 unspecified atom stereocenters. The van der Waals surface area contributed by atoms with Gasteiger partial charge in [-0.3, -0.25) is 5.10 Å². The SMILES string of the molecule is CCc1n[nH]cc1Oc1ccnc(Cl)c1. The lowest BCUT2D eigenvalue weighted by Gasteiger charge is -2.03. The largest absolute Gasteiger partial charge is 0.454 e. The molecule has 5 heteroatoms. The number of hydrogen-bond acceptors (Lipinski definition) is 3. The second kappa shape index (κ2) is 4.31. The monoisotopic (exact) mass is 223 g/mol. The van der Waals surface area contributed by atoms with E-state index in [1.807, 2.05) is 6.92 Å².